The molecule has 24 heavy (non-hydrogen) atoms. The number of hydrogen-bond donors (Lipinski definition) is 1. The summed E-state index contributed by atoms with van der Waals surface area (Å²) in [5.41, 5.74) is 0.700. The van der Waals surface area contributed by atoms with Crippen LogP contribution in [-0.2, 0) is 14.3 Å². The number of halogens is 2. The molecule has 1 aliphatic heterocycles. The standard InChI is InChI=1S/C17H23ClN2O3.ClH/c1-2-23-17(22)13-5-4-9-20(12-13)10-8-16(21)19-15-7-3-6-14(18)11-15;/h3,6-7,11,13H,2,4-5,8-10,12H2,1H3,(H,19,21);1H. The maximum atomic E-state index is 12.0. The summed E-state index contributed by atoms with van der Waals surface area (Å²) < 4.78 is 5.09. The zero-order chi connectivity index (χ0) is 16.7. The quantitative estimate of drug-likeness (QED) is 0.775. The van der Waals surface area contributed by atoms with Gasteiger partial charge in [-0.05, 0) is 44.5 Å². The summed E-state index contributed by atoms with van der Waals surface area (Å²) in [5.74, 6) is -0.245. The lowest BCUT2D eigenvalue weighted by atomic mass is 9.98. The number of anilines is 1. The molecule has 0 aliphatic carbocycles. The van der Waals surface area contributed by atoms with Gasteiger partial charge in [-0.25, -0.2) is 0 Å². The lowest BCUT2D eigenvalue weighted by Gasteiger charge is -2.31. The molecule has 134 valence electrons. The van der Waals surface area contributed by atoms with Crippen molar-refractivity contribution >= 4 is 41.6 Å². The van der Waals surface area contributed by atoms with Gasteiger partial charge in [0.15, 0.2) is 0 Å². The Labute approximate surface area is 154 Å². The Bertz CT molecular complexity index is 554. The molecule has 0 radical (unpaired) electrons. The van der Waals surface area contributed by atoms with E-state index in [1.807, 2.05) is 13.0 Å². The molecule has 0 aromatic heterocycles. The second-order valence-electron chi connectivity index (χ2n) is 5.70. The van der Waals surface area contributed by atoms with Crippen molar-refractivity contribution in [3.05, 3.63) is 29.3 Å². The van der Waals surface area contributed by atoms with Gasteiger partial charge in [0, 0.05) is 30.2 Å². The van der Waals surface area contributed by atoms with Crippen LogP contribution >= 0.6 is 24.0 Å². The number of carbonyl (C=O) groups is 2. The van der Waals surface area contributed by atoms with Gasteiger partial charge in [-0.3, -0.25) is 9.59 Å². The van der Waals surface area contributed by atoms with Gasteiger partial charge in [0.1, 0.15) is 0 Å². The lowest BCUT2D eigenvalue weighted by molar-refractivity contribution is -0.149. The number of piperidine rings is 1. The fourth-order valence-corrected chi connectivity index (χ4v) is 2.95. The number of nitrogens with one attached hydrogen (secondary N) is 1. The van der Waals surface area contributed by atoms with Gasteiger partial charge in [-0.2, -0.15) is 0 Å². The van der Waals surface area contributed by atoms with Crippen molar-refractivity contribution in [1.29, 1.82) is 0 Å². The molecular formula is C17H24Cl2N2O3. The average molecular weight is 375 g/mol. The van der Waals surface area contributed by atoms with Gasteiger partial charge in [0.05, 0.1) is 12.5 Å². The van der Waals surface area contributed by atoms with Gasteiger partial charge >= 0.3 is 5.97 Å². The molecule has 1 atom stereocenters. The molecule has 0 saturated carbocycles. The van der Waals surface area contributed by atoms with Crippen LogP contribution in [0.5, 0.6) is 0 Å². The van der Waals surface area contributed by atoms with E-state index in [9.17, 15) is 9.59 Å². The van der Waals surface area contributed by atoms with E-state index < -0.39 is 0 Å². The number of nitrogens with zero attached hydrogens (tertiary/aromatic N) is 1. The first-order valence-corrected chi connectivity index (χ1v) is 8.40. The molecule has 1 aromatic carbocycles. The van der Waals surface area contributed by atoms with Gasteiger partial charge in [0.25, 0.3) is 0 Å². The number of esters is 1. The van der Waals surface area contributed by atoms with E-state index in [0.29, 0.717) is 36.8 Å². The molecule has 1 N–H and O–H groups in total. The smallest absolute Gasteiger partial charge is 0.310 e. The van der Waals surface area contributed by atoms with Crippen LogP contribution in [0, 0.1) is 5.92 Å². The van der Waals surface area contributed by atoms with Crippen LogP contribution < -0.4 is 5.32 Å². The summed E-state index contributed by atoms with van der Waals surface area (Å²) in [6.45, 7) is 4.46. The van der Waals surface area contributed by atoms with Gasteiger partial charge in [-0.1, -0.05) is 17.7 Å². The van der Waals surface area contributed by atoms with Crippen LogP contribution in [0.15, 0.2) is 24.3 Å². The maximum absolute atomic E-state index is 12.0. The Kier molecular flexibility index (Phi) is 9.11. The zero-order valence-electron chi connectivity index (χ0n) is 13.8. The van der Waals surface area contributed by atoms with Crippen LogP contribution in [0.1, 0.15) is 26.2 Å². The minimum absolute atomic E-state index is 0. The highest BCUT2D eigenvalue weighted by Gasteiger charge is 2.26. The topological polar surface area (TPSA) is 58.6 Å². The molecule has 1 aromatic rings. The number of amides is 1. The second-order valence-corrected chi connectivity index (χ2v) is 6.14. The maximum Gasteiger partial charge on any atom is 0.310 e. The van der Waals surface area contributed by atoms with Crippen molar-refractivity contribution in [3.8, 4) is 0 Å². The van der Waals surface area contributed by atoms with E-state index in [2.05, 4.69) is 10.2 Å². The summed E-state index contributed by atoms with van der Waals surface area (Å²) in [6, 6.07) is 7.09. The second kappa shape index (κ2) is 10.5. The first-order chi connectivity index (χ1) is 11.1. The minimum Gasteiger partial charge on any atom is -0.466 e. The van der Waals surface area contributed by atoms with Gasteiger partial charge in [-0.15, -0.1) is 12.4 Å². The van der Waals surface area contributed by atoms with Crippen molar-refractivity contribution in [2.45, 2.75) is 26.2 Å². The zero-order valence-corrected chi connectivity index (χ0v) is 15.4. The Morgan fingerprint density at radius 3 is 2.92 bits per heavy atom. The summed E-state index contributed by atoms with van der Waals surface area (Å²) >= 11 is 5.90. The Hall–Kier alpha value is -1.30. The fourth-order valence-electron chi connectivity index (χ4n) is 2.76. The van der Waals surface area contributed by atoms with E-state index >= 15 is 0 Å². The Morgan fingerprint density at radius 1 is 1.42 bits per heavy atom. The predicted molar refractivity (Wildman–Crippen MR) is 97.7 cm³/mol. The third-order valence-electron chi connectivity index (χ3n) is 3.89. The van der Waals surface area contributed by atoms with Crippen molar-refractivity contribution < 1.29 is 14.3 Å². The number of hydrogen-bond acceptors (Lipinski definition) is 4. The summed E-state index contributed by atoms with van der Waals surface area (Å²) in [7, 11) is 0. The van der Waals surface area contributed by atoms with E-state index in [-0.39, 0.29) is 30.2 Å². The van der Waals surface area contributed by atoms with Crippen LogP contribution in [0.4, 0.5) is 5.69 Å². The molecule has 2 rings (SSSR count). The normalized spacial score (nSPS) is 17.7. The molecule has 1 unspecified atom stereocenters. The minimum atomic E-state index is -0.124. The first kappa shape index (κ1) is 20.7. The fraction of sp³-hybridized carbons (Fsp3) is 0.529. The third-order valence-corrected chi connectivity index (χ3v) is 4.12. The van der Waals surface area contributed by atoms with Crippen LogP contribution in [0.3, 0.4) is 0 Å². The van der Waals surface area contributed by atoms with Crippen molar-refractivity contribution in [3.63, 3.8) is 0 Å². The van der Waals surface area contributed by atoms with E-state index in [0.717, 1.165) is 19.4 Å². The number of likely N-dealkylation sites (tertiary alicyclic amines) is 1. The van der Waals surface area contributed by atoms with E-state index in [4.69, 9.17) is 16.3 Å². The van der Waals surface area contributed by atoms with E-state index in [1.54, 1.807) is 18.2 Å². The van der Waals surface area contributed by atoms with Crippen LogP contribution in [0.25, 0.3) is 0 Å². The highest BCUT2D eigenvalue weighted by molar-refractivity contribution is 6.30. The number of carbonyl (C=O) groups excluding carboxylic acids is 2. The summed E-state index contributed by atoms with van der Waals surface area (Å²) in [5, 5.41) is 3.43. The largest absolute Gasteiger partial charge is 0.466 e. The monoisotopic (exact) mass is 374 g/mol. The van der Waals surface area contributed by atoms with Crippen molar-refractivity contribution in [2.24, 2.45) is 5.92 Å². The highest BCUT2D eigenvalue weighted by Crippen LogP contribution is 2.18. The molecule has 5 nitrogen and oxygen atoms in total. The molecule has 1 saturated heterocycles. The molecule has 1 fully saturated rings. The predicted octanol–water partition coefficient (Wildman–Crippen LogP) is 3.37. The SMILES string of the molecule is CCOC(=O)C1CCCN(CCC(=O)Nc2cccc(Cl)c2)C1.Cl. The third kappa shape index (κ3) is 6.67. The van der Waals surface area contributed by atoms with Gasteiger partial charge < -0.3 is 15.0 Å². The first-order valence-electron chi connectivity index (χ1n) is 8.03. The molecule has 1 heterocycles. The van der Waals surface area contributed by atoms with Crippen LogP contribution in [-0.4, -0.2) is 43.0 Å². The molecule has 0 spiro atoms. The van der Waals surface area contributed by atoms with Crippen LogP contribution in [0.2, 0.25) is 5.02 Å². The Morgan fingerprint density at radius 2 is 2.21 bits per heavy atom. The van der Waals surface area contributed by atoms with Crippen molar-refractivity contribution in [1.82, 2.24) is 4.90 Å². The molecule has 1 amide bonds. The molecule has 0 bridgehead atoms. The van der Waals surface area contributed by atoms with Gasteiger partial charge in [0.2, 0.25) is 5.91 Å². The summed E-state index contributed by atoms with van der Waals surface area (Å²) in [6.07, 6.45) is 2.21. The lowest BCUT2D eigenvalue weighted by Crippen LogP contribution is -2.40. The summed E-state index contributed by atoms with van der Waals surface area (Å²) in [4.78, 5) is 26.0. The molecule has 1 aliphatic rings. The van der Waals surface area contributed by atoms with E-state index in [1.165, 1.54) is 0 Å². The number of rotatable bonds is 6. The molecular weight excluding hydrogens is 351 g/mol. The highest BCUT2D eigenvalue weighted by atomic mass is 35.5. The number of ether oxygens (including phenoxy) is 1. The molecule has 7 heteroatoms. The number of benzene rings is 1. The Balaban J connectivity index is 0.00000288. The van der Waals surface area contributed by atoms with Crippen molar-refractivity contribution in [2.75, 3.05) is 31.6 Å². The average Bonchev–Trinajstić information content (AvgIpc) is 2.53.